The first-order valence-corrected chi connectivity index (χ1v) is 8.60. The predicted octanol–water partition coefficient (Wildman–Crippen LogP) is 4.21. The quantitative estimate of drug-likeness (QED) is 0.734. The molecule has 4 heteroatoms. The smallest absolute Gasteiger partial charge is 0.282 e. The van der Waals surface area contributed by atoms with Gasteiger partial charge in [0.05, 0.1) is 4.90 Å². The van der Waals surface area contributed by atoms with Crippen molar-refractivity contribution in [2.75, 3.05) is 0 Å². The molecule has 0 unspecified atom stereocenters. The number of hydrogen-bond acceptors (Lipinski definition) is 2. The maximum atomic E-state index is 10.4. The molecule has 0 atom stereocenters. The van der Waals surface area contributed by atoms with Crippen LogP contribution in [0.4, 0.5) is 0 Å². The third-order valence-electron chi connectivity index (χ3n) is 3.13. The summed E-state index contributed by atoms with van der Waals surface area (Å²) in [5.74, 6) is 0. The minimum absolute atomic E-state index is 0.0741. The van der Waals surface area contributed by atoms with Crippen molar-refractivity contribution in [1.82, 2.24) is 0 Å². The first-order valence-electron chi connectivity index (χ1n) is 7.16. The highest BCUT2D eigenvalue weighted by Gasteiger charge is 2.05. The van der Waals surface area contributed by atoms with Gasteiger partial charge in [-0.2, -0.15) is 8.42 Å². The highest BCUT2D eigenvalue weighted by atomic mass is 32.2. The SMILES string of the molecule is O=S(=O)(O)c1ccccc1.c1ccc(Cc2ccccc2)cc1. The summed E-state index contributed by atoms with van der Waals surface area (Å²) in [5.41, 5.74) is 2.74. The molecule has 0 aliphatic carbocycles. The van der Waals surface area contributed by atoms with Crippen LogP contribution in [0.25, 0.3) is 0 Å². The Labute approximate surface area is 137 Å². The second-order valence-corrected chi connectivity index (χ2v) is 6.36. The maximum Gasteiger partial charge on any atom is 0.294 e. The van der Waals surface area contributed by atoms with E-state index in [9.17, 15) is 8.42 Å². The van der Waals surface area contributed by atoms with Crippen molar-refractivity contribution < 1.29 is 13.0 Å². The summed E-state index contributed by atoms with van der Waals surface area (Å²) in [6.45, 7) is 0. The Kier molecular flexibility index (Phi) is 6.09. The molecular weight excluding hydrogens is 308 g/mol. The van der Waals surface area contributed by atoms with Gasteiger partial charge in [0.2, 0.25) is 0 Å². The minimum atomic E-state index is -4.00. The first kappa shape index (κ1) is 16.9. The fourth-order valence-electron chi connectivity index (χ4n) is 2.02. The Morgan fingerprint density at radius 2 is 0.957 bits per heavy atom. The summed E-state index contributed by atoms with van der Waals surface area (Å²) in [5, 5.41) is 0. The average molecular weight is 326 g/mol. The first-order chi connectivity index (χ1) is 11.1. The van der Waals surface area contributed by atoms with Crippen molar-refractivity contribution in [2.24, 2.45) is 0 Å². The van der Waals surface area contributed by atoms with E-state index in [1.807, 2.05) is 0 Å². The average Bonchev–Trinajstić information content (AvgIpc) is 2.57. The lowest BCUT2D eigenvalue weighted by Crippen LogP contribution is -1.96. The minimum Gasteiger partial charge on any atom is -0.282 e. The van der Waals surface area contributed by atoms with Crippen LogP contribution in [0.1, 0.15) is 11.1 Å². The van der Waals surface area contributed by atoms with Gasteiger partial charge in [0.1, 0.15) is 0 Å². The van der Waals surface area contributed by atoms with Gasteiger partial charge in [0.15, 0.2) is 0 Å². The predicted molar refractivity (Wildman–Crippen MR) is 91.9 cm³/mol. The topological polar surface area (TPSA) is 54.4 Å². The van der Waals surface area contributed by atoms with Gasteiger partial charge in [-0.1, -0.05) is 78.9 Å². The molecule has 0 bridgehead atoms. The van der Waals surface area contributed by atoms with Gasteiger partial charge in [0, 0.05) is 0 Å². The fourth-order valence-corrected chi connectivity index (χ4v) is 2.52. The standard InChI is InChI=1S/C13H12.C6H6O3S/c1-3-7-12(8-4-1)11-13-9-5-2-6-10-13;7-10(8,9)6-4-2-1-3-5-6/h1-10H,11H2;1-5H,(H,7,8,9). The molecule has 3 nitrogen and oxygen atoms in total. The molecule has 0 fully saturated rings. The zero-order valence-electron chi connectivity index (χ0n) is 12.5. The van der Waals surface area contributed by atoms with Crippen molar-refractivity contribution >= 4 is 10.1 Å². The molecule has 118 valence electrons. The van der Waals surface area contributed by atoms with Crippen molar-refractivity contribution in [3.05, 3.63) is 102 Å². The second kappa shape index (κ2) is 8.27. The Morgan fingerprint density at radius 1 is 0.609 bits per heavy atom. The van der Waals surface area contributed by atoms with Crippen molar-refractivity contribution in [1.29, 1.82) is 0 Å². The van der Waals surface area contributed by atoms with Crippen LogP contribution in [0.2, 0.25) is 0 Å². The molecular formula is C19H18O3S. The van der Waals surface area contributed by atoms with E-state index < -0.39 is 10.1 Å². The van der Waals surface area contributed by atoms with Gasteiger partial charge in [-0.25, -0.2) is 0 Å². The van der Waals surface area contributed by atoms with E-state index in [1.165, 1.54) is 23.3 Å². The molecule has 1 N–H and O–H groups in total. The molecule has 0 amide bonds. The van der Waals surface area contributed by atoms with Crippen molar-refractivity contribution in [2.45, 2.75) is 11.3 Å². The van der Waals surface area contributed by atoms with Crippen LogP contribution in [0.15, 0.2) is 95.9 Å². The fraction of sp³-hybridized carbons (Fsp3) is 0.0526. The van der Waals surface area contributed by atoms with Gasteiger partial charge in [-0.3, -0.25) is 4.55 Å². The summed E-state index contributed by atoms with van der Waals surface area (Å²) in [6.07, 6.45) is 1.03. The molecule has 0 spiro atoms. The van der Waals surface area contributed by atoms with Gasteiger partial charge in [-0.05, 0) is 29.7 Å². The zero-order valence-corrected chi connectivity index (χ0v) is 13.4. The van der Waals surface area contributed by atoms with Crippen LogP contribution in [0.3, 0.4) is 0 Å². The summed E-state index contributed by atoms with van der Waals surface area (Å²) in [4.78, 5) is -0.0741. The lowest BCUT2D eigenvalue weighted by molar-refractivity contribution is 0.483. The van der Waals surface area contributed by atoms with E-state index in [0.717, 1.165) is 6.42 Å². The molecule has 23 heavy (non-hydrogen) atoms. The van der Waals surface area contributed by atoms with Gasteiger partial charge in [0.25, 0.3) is 10.1 Å². The molecule has 0 aromatic heterocycles. The van der Waals surface area contributed by atoms with Gasteiger partial charge in [-0.15, -0.1) is 0 Å². The molecule has 3 aromatic carbocycles. The Balaban J connectivity index is 0.000000174. The zero-order chi connectivity index (χ0) is 16.5. The van der Waals surface area contributed by atoms with Crippen LogP contribution >= 0.6 is 0 Å². The van der Waals surface area contributed by atoms with E-state index in [1.54, 1.807) is 18.2 Å². The molecule has 0 saturated carbocycles. The number of benzene rings is 3. The van der Waals surface area contributed by atoms with E-state index in [0.29, 0.717) is 0 Å². The van der Waals surface area contributed by atoms with Gasteiger partial charge < -0.3 is 0 Å². The van der Waals surface area contributed by atoms with E-state index in [4.69, 9.17) is 4.55 Å². The summed E-state index contributed by atoms with van der Waals surface area (Å²) in [6, 6.07) is 28.5. The monoisotopic (exact) mass is 326 g/mol. The number of hydrogen-bond donors (Lipinski definition) is 1. The summed E-state index contributed by atoms with van der Waals surface area (Å²) >= 11 is 0. The second-order valence-electron chi connectivity index (χ2n) is 4.94. The molecule has 3 aromatic rings. The van der Waals surface area contributed by atoms with Crippen LogP contribution in [-0.2, 0) is 16.5 Å². The highest BCUT2D eigenvalue weighted by Crippen LogP contribution is 2.08. The van der Waals surface area contributed by atoms with E-state index >= 15 is 0 Å². The van der Waals surface area contributed by atoms with Crippen LogP contribution < -0.4 is 0 Å². The molecule has 0 heterocycles. The maximum absolute atomic E-state index is 10.4. The lowest BCUT2D eigenvalue weighted by atomic mass is 10.1. The summed E-state index contributed by atoms with van der Waals surface area (Å²) in [7, 11) is -4.00. The van der Waals surface area contributed by atoms with E-state index in [-0.39, 0.29) is 4.90 Å². The largest absolute Gasteiger partial charge is 0.294 e. The molecule has 0 radical (unpaired) electrons. The molecule has 3 rings (SSSR count). The Morgan fingerprint density at radius 3 is 1.26 bits per heavy atom. The molecule has 0 aliphatic heterocycles. The number of rotatable bonds is 3. The van der Waals surface area contributed by atoms with Gasteiger partial charge >= 0.3 is 0 Å². The van der Waals surface area contributed by atoms with Crippen LogP contribution in [0, 0.1) is 0 Å². The van der Waals surface area contributed by atoms with Crippen LogP contribution in [0.5, 0.6) is 0 Å². The Bertz CT molecular complexity index is 762. The third-order valence-corrected chi connectivity index (χ3v) is 4.00. The normalized spacial score (nSPS) is 10.5. The Hall–Kier alpha value is -2.43. The molecule has 0 aliphatic rings. The lowest BCUT2D eigenvalue weighted by Gasteiger charge is -2.00. The van der Waals surface area contributed by atoms with Crippen molar-refractivity contribution in [3.63, 3.8) is 0 Å². The summed E-state index contributed by atoms with van der Waals surface area (Å²) < 4.78 is 29.2. The van der Waals surface area contributed by atoms with Crippen molar-refractivity contribution in [3.8, 4) is 0 Å². The van der Waals surface area contributed by atoms with E-state index in [2.05, 4.69) is 60.7 Å². The third kappa shape index (κ3) is 6.06. The van der Waals surface area contributed by atoms with Crippen LogP contribution in [-0.4, -0.2) is 13.0 Å². The highest BCUT2D eigenvalue weighted by molar-refractivity contribution is 7.85. The molecule has 0 saturated heterocycles.